The number of thiocarbonyl (C=S) groups is 1. The van der Waals surface area contributed by atoms with Gasteiger partial charge in [-0.25, -0.2) is 0 Å². The molecule has 0 N–H and O–H groups in total. The first-order chi connectivity index (χ1) is 3.66. The van der Waals surface area contributed by atoms with Crippen LogP contribution >= 0.6 is 12.2 Å². The third-order valence-corrected chi connectivity index (χ3v) is 1.19. The molecule has 0 aliphatic carbocycles. The first-order valence-corrected chi connectivity index (χ1v) is 3.29. The van der Waals surface area contributed by atoms with Crippen molar-refractivity contribution in [1.82, 2.24) is 4.90 Å². The lowest BCUT2D eigenvalue weighted by molar-refractivity contribution is 0.439. The highest BCUT2D eigenvalue weighted by molar-refractivity contribution is 7.78. The van der Waals surface area contributed by atoms with Crippen LogP contribution in [0.15, 0.2) is 0 Å². The van der Waals surface area contributed by atoms with E-state index in [0.717, 1.165) is 6.54 Å². The lowest BCUT2D eigenvalue weighted by atomic mass is 10.2. The predicted molar refractivity (Wildman–Crippen MR) is 41.1 cm³/mol. The van der Waals surface area contributed by atoms with Crippen LogP contribution < -0.4 is 0 Å². The highest BCUT2D eigenvalue weighted by Gasteiger charge is 1.93. The quantitative estimate of drug-likeness (QED) is 0.534. The van der Waals surface area contributed by atoms with Crippen LogP contribution in [0.4, 0.5) is 0 Å². The summed E-state index contributed by atoms with van der Waals surface area (Å²) in [4.78, 5) is 2.01. The Hall–Kier alpha value is -0.110. The van der Waals surface area contributed by atoms with Crippen molar-refractivity contribution in [2.75, 3.05) is 13.6 Å². The van der Waals surface area contributed by atoms with Gasteiger partial charge < -0.3 is 4.90 Å². The summed E-state index contributed by atoms with van der Waals surface area (Å²) in [6.45, 7) is 5.41. The van der Waals surface area contributed by atoms with E-state index in [4.69, 9.17) is 12.2 Å². The largest absolute Gasteiger partial charge is 0.372 e. The Labute approximate surface area is 56.7 Å². The van der Waals surface area contributed by atoms with E-state index in [0.29, 0.717) is 5.92 Å². The summed E-state index contributed by atoms with van der Waals surface area (Å²) < 4.78 is 0. The first-order valence-electron chi connectivity index (χ1n) is 2.82. The maximum absolute atomic E-state index is 4.69. The predicted octanol–water partition coefficient (Wildman–Crippen LogP) is 1.53. The number of hydrogen-bond acceptors (Lipinski definition) is 1. The van der Waals surface area contributed by atoms with Crippen molar-refractivity contribution >= 4 is 17.7 Å². The Kier molecular flexibility index (Phi) is 3.79. The van der Waals surface area contributed by atoms with E-state index in [1.165, 1.54) is 0 Å². The van der Waals surface area contributed by atoms with E-state index in [1.54, 1.807) is 5.49 Å². The van der Waals surface area contributed by atoms with Crippen LogP contribution in [0.2, 0.25) is 0 Å². The minimum absolute atomic E-state index is 0.708. The Morgan fingerprint density at radius 1 is 1.62 bits per heavy atom. The molecular formula is C6H13NS. The normalized spacial score (nSPS) is 9.50. The fraction of sp³-hybridized carbons (Fsp3) is 0.833. The minimum Gasteiger partial charge on any atom is -0.372 e. The van der Waals surface area contributed by atoms with Crippen LogP contribution in [0.1, 0.15) is 13.8 Å². The van der Waals surface area contributed by atoms with Gasteiger partial charge in [0.15, 0.2) is 0 Å². The molecule has 0 aromatic rings. The zero-order valence-electron chi connectivity index (χ0n) is 5.72. The van der Waals surface area contributed by atoms with Gasteiger partial charge in [-0.15, -0.1) is 0 Å². The molecule has 0 aliphatic rings. The van der Waals surface area contributed by atoms with Gasteiger partial charge in [0.25, 0.3) is 0 Å². The second-order valence-electron chi connectivity index (χ2n) is 2.44. The molecule has 0 radical (unpaired) electrons. The molecule has 0 fully saturated rings. The van der Waals surface area contributed by atoms with Gasteiger partial charge in [0, 0.05) is 13.6 Å². The van der Waals surface area contributed by atoms with E-state index < -0.39 is 0 Å². The van der Waals surface area contributed by atoms with E-state index >= 15 is 0 Å². The summed E-state index contributed by atoms with van der Waals surface area (Å²) in [7, 11) is 1.99. The molecule has 0 heterocycles. The molecule has 0 atom stereocenters. The SMILES string of the molecule is CC(C)CN(C)C=S. The zero-order chi connectivity index (χ0) is 6.57. The average Bonchev–Trinajstić information content (AvgIpc) is 1.65. The molecule has 0 amide bonds. The first kappa shape index (κ1) is 7.89. The fourth-order valence-corrected chi connectivity index (χ4v) is 0.705. The van der Waals surface area contributed by atoms with Crippen LogP contribution in [0, 0.1) is 5.92 Å². The summed E-state index contributed by atoms with van der Waals surface area (Å²) in [5, 5.41) is 0. The van der Waals surface area contributed by atoms with Crippen molar-refractivity contribution in [2.24, 2.45) is 5.92 Å². The molecule has 48 valence electrons. The molecule has 0 aliphatic heterocycles. The Balaban J connectivity index is 3.23. The molecule has 8 heavy (non-hydrogen) atoms. The van der Waals surface area contributed by atoms with Crippen molar-refractivity contribution in [2.45, 2.75) is 13.8 Å². The molecular weight excluding hydrogens is 118 g/mol. The molecule has 0 spiro atoms. The summed E-state index contributed by atoms with van der Waals surface area (Å²) in [5.41, 5.74) is 1.68. The monoisotopic (exact) mass is 131 g/mol. The maximum Gasteiger partial charge on any atom is 0.0638 e. The van der Waals surface area contributed by atoms with Crippen molar-refractivity contribution < 1.29 is 0 Å². The molecule has 0 aromatic heterocycles. The van der Waals surface area contributed by atoms with Gasteiger partial charge in [0.1, 0.15) is 0 Å². The smallest absolute Gasteiger partial charge is 0.0638 e. The molecule has 2 heteroatoms. The van der Waals surface area contributed by atoms with Gasteiger partial charge in [-0.3, -0.25) is 0 Å². The Morgan fingerprint density at radius 2 is 2.12 bits per heavy atom. The number of nitrogens with zero attached hydrogens (tertiary/aromatic N) is 1. The zero-order valence-corrected chi connectivity index (χ0v) is 6.53. The molecule has 0 saturated carbocycles. The second kappa shape index (κ2) is 3.84. The lowest BCUT2D eigenvalue weighted by Gasteiger charge is -2.13. The molecule has 0 rings (SSSR count). The summed E-state index contributed by atoms with van der Waals surface area (Å²) in [6, 6.07) is 0. The standard InChI is InChI=1S/C6H13NS/c1-6(2)4-7(3)5-8/h5-6H,4H2,1-3H3. The Bertz CT molecular complexity index is 70.9. The van der Waals surface area contributed by atoms with Crippen molar-refractivity contribution in [3.8, 4) is 0 Å². The molecule has 0 unspecified atom stereocenters. The minimum atomic E-state index is 0.708. The fourth-order valence-electron chi connectivity index (χ4n) is 0.619. The molecule has 0 bridgehead atoms. The number of rotatable bonds is 3. The van der Waals surface area contributed by atoms with Crippen LogP contribution in [0.25, 0.3) is 0 Å². The molecule has 0 saturated heterocycles. The van der Waals surface area contributed by atoms with Gasteiger partial charge in [0.05, 0.1) is 5.49 Å². The van der Waals surface area contributed by atoms with E-state index in [1.807, 2.05) is 11.9 Å². The van der Waals surface area contributed by atoms with Gasteiger partial charge >= 0.3 is 0 Å². The molecule has 1 nitrogen and oxygen atoms in total. The van der Waals surface area contributed by atoms with Crippen molar-refractivity contribution in [3.63, 3.8) is 0 Å². The second-order valence-corrected chi connectivity index (χ2v) is 2.65. The third-order valence-electron chi connectivity index (χ3n) is 0.833. The third kappa shape index (κ3) is 4.06. The van der Waals surface area contributed by atoms with Crippen LogP contribution in [-0.2, 0) is 0 Å². The number of hydrogen-bond donors (Lipinski definition) is 0. The average molecular weight is 131 g/mol. The topological polar surface area (TPSA) is 3.24 Å². The highest BCUT2D eigenvalue weighted by atomic mass is 32.1. The van der Waals surface area contributed by atoms with Crippen LogP contribution in [0.3, 0.4) is 0 Å². The highest BCUT2D eigenvalue weighted by Crippen LogP contribution is 1.92. The van der Waals surface area contributed by atoms with Gasteiger partial charge in [-0.1, -0.05) is 26.1 Å². The van der Waals surface area contributed by atoms with E-state index in [-0.39, 0.29) is 0 Å². The van der Waals surface area contributed by atoms with Gasteiger partial charge in [-0.05, 0) is 5.92 Å². The van der Waals surface area contributed by atoms with Crippen molar-refractivity contribution in [3.05, 3.63) is 0 Å². The van der Waals surface area contributed by atoms with E-state index in [2.05, 4.69) is 13.8 Å². The summed E-state index contributed by atoms with van der Waals surface area (Å²) in [6.07, 6.45) is 0. The maximum atomic E-state index is 4.69. The van der Waals surface area contributed by atoms with Crippen molar-refractivity contribution in [1.29, 1.82) is 0 Å². The summed E-state index contributed by atoms with van der Waals surface area (Å²) in [5.74, 6) is 0.708. The Morgan fingerprint density at radius 3 is 2.25 bits per heavy atom. The van der Waals surface area contributed by atoms with Gasteiger partial charge in [-0.2, -0.15) is 0 Å². The van der Waals surface area contributed by atoms with Gasteiger partial charge in [0.2, 0.25) is 0 Å². The summed E-state index contributed by atoms with van der Waals surface area (Å²) >= 11 is 4.69. The van der Waals surface area contributed by atoms with E-state index in [9.17, 15) is 0 Å². The van der Waals surface area contributed by atoms with Crippen LogP contribution in [0.5, 0.6) is 0 Å². The van der Waals surface area contributed by atoms with Crippen LogP contribution in [-0.4, -0.2) is 24.0 Å². The lowest BCUT2D eigenvalue weighted by Crippen LogP contribution is -2.20. The molecule has 0 aromatic carbocycles.